The van der Waals surface area contributed by atoms with Crippen LogP contribution in [0.1, 0.15) is 19.4 Å². The molecule has 1 aromatic rings. The van der Waals surface area contributed by atoms with Crippen molar-refractivity contribution in [2.45, 2.75) is 19.4 Å². The van der Waals surface area contributed by atoms with Crippen molar-refractivity contribution in [1.82, 2.24) is 0 Å². The molecule has 0 aliphatic rings. The van der Waals surface area contributed by atoms with Crippen molar-refractivity contribution in [3.63, 3.8) is 0 Å². The quantitative estimate of drug-likeness (QED) is 0.680. The Hall–Kier alpha value is -1.20. The Kier molecular flexibility index (Phi) is 2.79. The Bertz CT molecular complexity index is 341. The number of nitriles is 1. The number of hydrogen-bond donors (Lipinski definition) is 0. The second-order valence-corrected chi connectivity index (χ2v) is 3.65. The first-order valence-electron chi connectivity index (χ1n) is 3.89. The van der Waals surface area contributed by atoms with E-state index in [9.17, 15) is 0 Å². The second-order valence-electron chi connectivity index (χ2n) is 3.21. The van der Waals surface area contributed by atoms with Crippen molar-refractivity contribution in [3.05, 3.63) is 34.9 Å². The van der Waals surface area contributed by atoms with Crippen LogP contribution >= 0.6 is 11.6 Å². The first-order chi connectivity index (χ1) is 6.06. The molecular formula is C10H10ClNO. The Morgan fingerprint density at radius 2 is 2.15 bits per heavy atom. The van der Waals surface area contributed by atoms with Gasteiger partial charge >= 0.3 is 0 Å². The topological polar surface area (TPSA) is 33.0 Å². The Morgan fingerprint density at radius 1 is 1.46 bits per heavy atom. The van der Waals surface area contributed by atoms with Gasteiger partial charge in [-0.15, -0.1) is 0 Å². The molecule has 0 saturated carbocycles. The highest BCUT2D eigenvalue weighted by atomic mass is 35.5. The molecule has 3 heteroatoms. The van der Waals surface area contributed by atoms with E-state index in [2.05, 4.69) is 0 Å². The molecule has 1 rings (SSSR count). The predicted octanol–water partition coefficient (Wildman–Crippen LogP) is 3.07. The molecule has 0 aliphatic heterocycles. The fourth-order valence-corrected chi connectivity index (χ4v) is 1.23. The smallest absolute Gasteiger partial charge is 0.287 e. The van der Waals surface area contributed by atoms with Crippen molar-refractivity contribution >= 4 is 11.6 Å². The zero-order chi connectivity index (χ0) is 9.90. The molecule has 0 atom stereocenters. The molecule has 0 fully saturated rings. The standard InChI is InChI=1S/C10H10ClNO/c1-10(2,13-7-12)8-4-3-5-9(11)6-8/h3-6H,1-2H3. The molecule has 0 N–H and O–H groups in total. The molecule has 0 saturated heterocycles. The van der Waals surface area contributed by atoms with E-state index in [1.54, 1.807) is 18.4 Å². The van der Waals surface area contributed by atoms with Crippen LogP contribution in [0.4, 0.5) is 0 Å². The molecule has 68 valence electrons. The van der Waals surface area contributed by atoms with Gasteiger partial charge in [0.25, 0.3) is 6.26 Å². The number of rotatable bonds is 2. The van der Waals surface area contributed by atoms with Gasteiger partial charge in [-0.25, -0.2) is 0 Å². The van der Waals surface area contributed by atoms with Crippen LogP contribution in [0.25, 0.3) is 0 Å². The van der Waals surface area contributed by atoms with Gasteiger partial charge in [0, 0.05) is 5.02 Å². The second kappa shape index (κ2) is 3.68. The molecular weight excluding hydrogens is 186 g/mol. The average Bonchev–Trinajstić information content (AvgIpc) is 2.04. The first-order valence-corrected chi connectivity index (χ1v) is 4.27. The van der Waals surface area contributed by atoms with Crippen LogP contribution < -0.4 is 0 Å². The fraction of sp³-hybridized carbons (Fsp3) is 0.300. The summed E-state index contributed by atoms with van der Waals surface area (Å²) in [6, 6.07) is 7.29. The molecule has 0 heterocycles. The van der Waals surface area contributed by atoms with Crippen molar-refractivity contribution < 1.29 is 4.74 Å². The van der Waals surface area contributed by atoms with E-state index in [0.29, 0.717) is 5.02 Å². The molecule has 1 aromatic carbocycles. The van der Waals surface area contributed by atoms with E-state index < -0.39 is 5.60 Å². The summed E-state index contributed by atoms with van der Waals surface area (Å²) in [5.74, 6) is 0. The number of hydrogen-bond acceptors (Lipinski definition) is 2. The van der Waals surface area contributed by atoms with Crippen LogP contribution in [0.15, 0.2) is 24.3 Å². The van der Waals surface area contributed by atoms with Crippen LogP contribution in [0.3, 0.4) is 0 Å². The number of ether oxygens (including phenoxy) is 1. The van der Waals surface area contributed by atoms with Gasteiger partial charge in [0.05, 0.1) is 0 Å². The fourth-order valence-electron chi connectivity index (χ4n) is 1.04. The maximum atomic E-state index is 8.43. The van der Waals surface area contributed by atoms with Gasteiger partial charge in [-0.05, 0) is 31.5 Å². The summed E-state index contributed by atoms with van der Waals surface area (Å²) < 4.78 is 4.92. The third kappa shape index (κ3) is 2.37. The largest absolute Gasteiger partial charge is 0.417 e. The van der Waals surface area contributed by atoms with E-state index in [0.717, 1.165) is 5.56 Å². The maximum Gasteiger partial charge on any atom is 0.287 e. The van der Waals surface area contributed by atoms with E-state index >= 15 is 0 Å². The Balaban J connectivity index is 3.01. The minimum atomic E-state index is -0.611. The monoisotopic (exact) mass is 195 g/mol. The summed E-state index contributed by atoms with van der Waals surface area (Å²) in [6.07, 6.45) is 1.68. The number of benzene rings is 1. The van der Waals surface area contributed by atoms with Gasteiger partial charge in [-0.3, -0.25) is 0 Å². The third-order valence-electron chi connectivity index (χ3n) is 1.82. The maximum absolute atomic E-state index is 8.43. The SMILES string of the molecule is CC(C)(OC#N)c1cccc(Cl)c1. The highest BCUT2D eigenvalue weighted by molar-refractivity contribution is 6.30. The van der Waals surface area contributed by atoms with Crippen LogP contribution in [-0.2, 0) is 10.3 Å². The minimum Gasteiger partial charge on any atom is -0.417 e. The van der Waals surface area contributed by atoms with Gasteiger partial charge in [-0.1, -0.05) is 23.7 Å². The summed E-state index contributed by atoms with van der Waals surface area (Å²) in [6.45, 7) is 3.64. The molecule has 0 spiro atoms. The number of halogens is 1. The number of nitrogens with zero attached hydrogens (tertiary/aromatic N) is 1. The van der Waals surface area contributed by atoms with E-state index in [4.69, 9.17) is 21.6 Å². The summed E-state index contributed by atoms with van der Waals surface area (Å²) in [4.78, 5) is 0. The molecule has 2 nitrogen and oxygen atoms in total. The van der Waals surface area contributed by atoms with E-state index in [1.807, 2.05) is 26.0 Å². The van der Waals surface area contributed by atoms with Crippen LogP contribution in [0.2, 0.25) is 5.02 Å². The van der Waals surface area contributed by atoms with Crippen LogP contribution in [0.5, 0.6) is 0 Å². The first kappa shape index (κ1) is 9.88. The van der Waals surface area contributed by atoms with Crippen LogP contribution in [0, 0.1) is 11.5 Å². The highest BCUT2D eigenvalue weighted by Crippen LogP contribution is 2.26. The highest BCUT2D eigenvalue weighted by Gasteiger charge is 2.22. The average molecular weight is 196 g/mol. The summed E-state index contributed by atoms with van der Waals surface area (Å²) in [5.41, 5.74) is 0.279. The third-order valence-corrected chi connectivity index (χ3v) is 2.06. The van der Waals surface area contributed by atoms with Gasteiger partial charge < -0.3 is 4.74 Å². The molecule has 0 unspecified atom stereocenters. The summed E-state index contributed by atoms with van der Waals surface area (Å²) in [7, 11) is 0. The Morgan fingerprint density at radius 3 is 2.69 bits per heavy atom. The van der Waals surface area contributed by atoms with Gasteiger partial charge in [0.1, 0.15) is 5.60 Å². The molecule has 0 aromatic heterocycles. The lowest BCUT2D eigenvalue weighted by atomic mass is 9.98. The lowest BCUT2D eigenvalue weighted by Gasteiger charge is -2.21. The van der Waals surface area contributed by atoms with Crippen LogP contribution in [-0.4, -0.2) is 0 Å². The minimum absolute atomic E-state index is 0.611. The molecule has 0 amide bonds. The zero-order valence-electron chi connectivity index (χ0n) is 7.54. The van der Waals surface area contributed by atoms with Crippen molar-refractivity contribution in [2.75, 3.05) is 0 Å². The molecule has 0 bridgehead atoms. The normalized spacial score (nSPS) is 10.6. The molecule has 13 heavy (non-hydrogen) atoms. The van der Waals surface area contributed by atoms with Gasteiger partial charge in [0.15, 0.2) is 0 Å². The van der Waals surface area contributed by atoms with E-state index in [-0.39, 0.29) is 0 Å². The predicted molar refractivity (Wildman–Crippen MR) is 51.2 cm³/mol. The summed E-state index contributed by atoms with van der Waals surface area (Å²) >= 11 is 5.81. The van der Waals surface area contributed by atoms with Crippen molar-refractivity contribution in [3.8, 4) is 6.26 Å². The lowest BCUT2D eigenvalue weighted by Crippen LogP contribution is -2.18. The van der Waals surface area contributed by atoms with Gasteiger partial charge in [0.2, 0.25) is 0 Å². The van der Waals surface area contributed by atoms with Crippen molar-refractivity contribution in [2.24, 2.45) is 0 Å². The Labute approximate surface area is 82.7 Å². The van der Waals surface area contributed by atoms with E-state index in [1.165, 1.54) is 0 Å². The lowest BCUT2D eigenvalue weighted by molar-refractivity contribution is 0.0702. The molecule has 0 radical (unpaired) electrons. The molecule has 0 aliphatic carbocycles. The summed E-state index contributed by atoms with van der Waals surface area (Å²) in [5, 5.41) is 9.07. The zero-order valence-corrected chi connectivity index (χ0v) is 8.30. The van der Waals surface area contributed by atoms with Crippen molar-refractivity contribution in [1.29, 1.82) is 5.26 Å². The van der Waals surface area contributed by atoms with Gasteiger partial charge in [-0.2, -0.15) is 5.26 Å².